The van der Waals surface area contributed by atoms with Crippen molar-refractivity contribution in [3.63, 3.8) is 0 Å². The number of rotatable bonds is 8. The second-order valence-corrected chi connectivity index (χ2v) is 5.75. The quantitative estimate of drug-likeness (QED) is 0.317. The minimum atomic E-state index is -0.488. The Morgan fingerprint density at radius 3 is 2.65 bits per heavy atom. The van der Waals surface area contributed by atoms with Crippen LogP contribution >= 0.6 is 22.6 Å². The molecule has 0 radical (unpaired) electrons. The second kappa shape index (κ2) is 8.89. The molecule has 0 aromatic heterocycles. The van der Waals surface area contributed by atoms with Gasteiger partial charge >= 0.3 is 0 Å². The lowest BCUT2D eigenvalue weighted by atomic mass is 10.1. The molecule has 1 N–H and O–H groups in total. The van der Waals surface area contributed by atoms with Crippen molar-refractivity contribution in [1.29, 1.82) is 0 Å². The summed E-state index contributed by atoms with van der Waals surface area (Å²) in [5, 5.41) is 13.5. The van der Waals surface area contributed by atoms with Crippen molar-refractivity contribution < 1.29 is 9.72 Å². The first-order chi connectivity index (χ1) is 9.56. The molecule has 1 amide bonds. The number of nitro groups is 1. The number of halogens is 1. The molecule has 5 nitrogen and oxygen atoms in total. The van der Waals surface area contributed by atoms with Crippen LogP contribution in [0.4, 0.5) is 5.69 Å². The minimum Gasteiger partial charge on any atom is -0.352 e. The molecule has 0 aliphatic rings. The predicted molar refractivity (Wildman–Crippen MR) is 86.9 cm³/mol. The Labute approximate surface area is 132 Å². The number of hydrogen-bond donors (Lipinski definition) is 1. The number of carbonyl (C=O) groups excluding carboxylic acids is 1. The first kappa shape index (κ1) is 16.9. The summed E-state index contributed by atoms with van der Waals surface area (Å²) in [5.41, 5.74) is 0.312. The molecular weight excluding hydrogens is 371 g/mol. The van der Waals surface area contributed by atoms with Gasteiger partial charge in [-0.3, -0.25) is 14.9 Å². The van der Waals surface area contributed by atoms with Gasteiger partial charge in [-0.2, -0.15) is 0 Å². The van der Waals surface area contributed by atoms with Gasteiger partial charge in [-0.25, -0.2) is 0 Å². The van der Waals surface area contributed by atoms with Gasteiger partial charge < -0.3 is 5.32 Å². The van der Waals surface area contributed by atoms with E-state index < -0.39 is 4.92 Å². The van der Waals surface area contributed by atoms with Gasteiger partial charge in [0.05, 0.1) is 10.5 Å². The van der Waals surface area contributed by atoms with Crippen LogP contribution in [0.1, 0.15) is 49.4 Å². The Bertz CT molecular complexity index is 477. The van der Waals surface area contributed by atoms with E-state index in [1.807, 2.05) is 22.6 Å². The molecule has 1 aromatic carbocycles. The molecule has 0 saturated heterocycles. The number of non-ortho nitro benzene ring substituents is 1. The number of nitrogens with one attached hydrogen (secondary N) is 1. The van der Waals surface area contributed by atoms with Gasteiger partial charge in [0.2, 0.25) is 0 Å². The molecule has 0 aliphatic carbocycles. The van der Waals surface area contributed by atoms with Crippen LogP contribution in [0.3, 0.4) is 0 Å². The van der Waals surface area contributed by atoms with E-state index in [0.29, 0.717) is 12.1 Å². The predicted octanol–water partition coefficient (Wildman–Crippen LogP) is 3.90. The van der Waals surface area contributed by atoms with Crippen LogP contribution in [-0.2, 0) is 0 Å². The van der Waals surface area contributed by atoms with Gasteiger partial charge in [0.25, 0.3) is 11.6 Å². The van der Waals surface area contributed by atoms with E-state index in [1.165, 1.54) is 31.4 Å². The Kier molecular flexibility index (Phi) is 7.50. The smallest absolute Gasteiger partial charge is 0.270 e. The highest BCUT2D eigenvalue weighted by Gasteiger charge is 2.14. The van der Waals surface area contributed by atoms with Crippen LogP contribution in [-0.4, -0.2) is 17.4 Å². The van der Waals surface area contributed by atoms with Crippen LogP contribution in [0.15, 0.2) is 18.2 Å². The summed E-state index contributed by atoms with van der Waals surface area (Å²) < 4.78 is 0.719. The first-order valence-electron chi connectivity index (χ1n) is 6.78. The van der Waals surface area contributed by atoms with Crippen LogP contribution in [0.5, 0.6) is 0 Å². The SMILES string of the molecule is CCCCCCCNC(=O)c1cc([N+](=O)[O-])ccc1I. The minimum absolute atomic E-state index is 0.0569. The molecule has 0 unspecified atom stereocenters. The van der Waals surface area contributed by atoms with Gasteiger partial charge in [0, 0.05) is 22.2 Å². The van der Waals surface area contributed by atoms with Crippen LogP contribution < -0.4 is 5.32 Å². The molecule has 0 fully saturated rings. The molecule has 0 bridgehead atoms. The van der Waals surface area contributed by atoms with Gasteiger partial charge in [0.1, 0.15) is 0 Å². The van der Waals surface area contributed by atoms with E-state index in [1.54, 1.807) is 6.07 Å². The first-order valence-corrected chi connectivity index (χ1v) is 7.86. The van der Waals surface area contributed by atoms with Gasteiger partial charge in [-0.05, 0) is 35.1 Å². The van der Waals surface area contributed by atoms with Gasteiger partial charge in [-0.1, -0.05) is 32.6 Å². The van der Waals surface area contributed by atoms with E-state index >= 15 is 0 Å². The van der Waals surface area contributed by atoms with Crippen LogP contribution in [0.25, 0.3) is 0 Å². The lowest BCUT2D eigenvalue weighted by Crippen LogP contribution is -2.25. The summed E-state index contributed by atoms with van der Waals surface area (Å²) >= 11 is 2.01. The standard InChI is InChI=1S/C14H19IN2O3/c1-2-3-4-5-6-9-16-14(18)12-10-11(17(19)20)7-8-13(12)15/h7-8,10H,2-6,9H2,1H3,(H,16,18). The van der Waals surface area contributed by atoms with E-state index in [-0.39, 0.29) is 11.6 Å². The highest BCUT2D eigenvalue weighted by Crippen LogP contribution is 2.19. The number of unbranched alkanes of at least 4 members (excludes halogenated alkanes) is 4. The fraction of sp³-hybridized carbons (Fsp3) is 0.500. The van der Waals surface area contributed by atoms with E-state index in [4.69, 9.17) is 0 Å². The number of nitro benzene ring substituents is 1. The van der Waals surface area contributed by atoms with E-state index in [9.17, 15) is 14.9 Å². The normalized spacial score (nSPS) is 10.3. The molecule has 1 rings (SSSR count). The van der Waals surface area contributed by atoms with E-state index in [0.717, 1.165) is 16.4 Å². The second-order valence-electron chi connectivity index (χ2n) is 4.59. The highest BCUT2D eigenvalue weighted by atomic mass is 127. The Morgan fingerprint density at radius 2 is 2.00 bits per heavy atom. The molecule has 0 atom stereocenters. The van der Waals surface area contributed by atoms with Gasteiger partial charge in [-0.15, -0.1) is 0 Å². The number of nitrogens with zero attached hydrogens (tertiary/aromatic N) is 1. The zero-order chi connectivity index (χ0) is 15.0. The van der Waals surface area contributed by atoms with Crippen molar-refractivity contribution in [2.75, 3.05) is 6.54 Å². The topological polar surface area (TPSA) is 72.2 Å². The van der Waals surface area contributed by atoms with Crippen molar-refractivity contribution in [2.45, 2.75) is 39.0 Å². The maximum absolute atomic E-state index is 12.0. The molecular formula is C14H19IN2O3. The zero-order valence-electron chi connectivity index (χ0n) is 11.5. The molecule has 110 valence electrons. The maximum Gasteiger partial charge on any atom is 0.270 e. The summed E-state index contributed by atoms with van der Waals surface area (Å²) in [6.07, 6.45) is 5.63. The molecule has 0 aliphatic heterocycles. The maximum atomic E-state index is 12.0. The number of benzene rings is 1. The van der Waals surface area contributed by atoms with Crippen LogP contribution in [0.2, 0.25) is 0 Å². The lowest BCUT2D eigenvalue weighted by Gasteiger charge is -2.07. The number of amides is 1. The highest BCUT2D eigenvalue weighted by molar-refractivity contribution is 14.1. The summed E-state index contributed by atoms with van der Waals surface area (Å²) in [4.78, 5) is 22.2. The van der Waals surface area contributed by atoms with Crippen molar-refractivity contribution in [3.8, 4) is 0 Å². The number of hydrogen-bond acceptors (Lipinski definition) is 3. The van der Waals surface area contributed by atoms with Crippen molar-refractivity contribution >= 4 is 34.2 Å². The molecule has 0 spiro atoms. The molecule has 0 heterocycles. The fourth-order valence-electron chi connectivity index (χ4n) is 1.83. The lowest BCUT2D eigenvalue weighted by molar-refractivity contribution is -0.384. The monoisotopic (exact) mass is 390 g/mol. The average molecular weight is 390 g/mol. The summed E-state index contributed by atoms with van der Waals surface area (Å²) in [6, 6.07) is 4.33. The largest absolute Gasteiger partial charge is 0.352 e. The molecule has 0 saturated carbocycles. The third-order valence-corrected chi connectivity index (χ3v) is 3.91. The van der Waals surface area contributed by atoms with Crippen molar-refractivity contribution in [3.05, 3.63) is 37.4 Å². The molecule has 20 heavy (non-hydrogen) atoms. The van der Waals surface area contributed by atoms with Crippen molar-refractivity contribution in [2.24, 2.45) is 0 Å². The third-order valence-electron chi connectivity index (χ3n) is 2.97. The van der Waals surface area contributed by atoms with E-state index in [2.05, 4.69) is 12.2 Å². The van der Waals surface area contributed by atoms with Crippen LogP contribution in [0, 0.1) is 13.7 Å². The van der Waals surface area contributed by atoms with Crippen molar-refractivity contribution in [1.82, 2.24) is 5.32 Å². The average Bonchev–Trinajstić information content (AvgIpc) is 2.42. The van der Waals surface area contributed by atoms with Gasteiger partial charge in [0.15, 0.2) is 0 Å². The Morgan fingerprint density at radius 1 is 1.30 bits per heavy atom. The summed E-state index contributed by atoms with van der Waals surface area (Å²) in [6.45, 7) is 2.77. The zero-order valence-corrected chi connectivity index (χ0v) is 13.7. The number of carbonyl (C=O) groups is 1. The fourth-order valence-corrected chi connectivity index (χ4v) is 2.41. The third kappa shape index (κ3) is 5.44. The Balaban J connectivity index is 2.50. The summed E-state index contributed by atoms with van der Waals surface area (Å²) in [7, 11) is 0. The molecule has 6 heteroatoms. The molecule has 1 aromatic rings. The Hall–Kier alpha value is -1.18. The summed E-state index contributed by atoms with van der Waals surface area (Å²) in [5.74, 6) is -0.242.